The fourth-order valence-electron chi connectivity index (χ4n) is 5.11. The van der Waals surface area contributed by atoms with E-state index in [1.54, 1.807) is 28.4 Å². The number of carbonyl (C=O) groups excluding carboxylic acids is 1. The molecule has 0 spiro atoms. The Morgan fingerprint density at radius 2 is 1.35 bits per heavy atom. The largest absolute Gasteiger partial charge is 0.493 e. The van der Waals surface area contributed by atoms with Crippen molar-refractivity contribution < 1.29 is 23.7 Å². The van der Waals surface area contributed by atoms with Crippen LogP contribution in [0.15, 0.2) is 24.3 Å². The summed E-state index contributed by atoms with van der Waals surface area (Å²) in [5.74, 6) is 3.75. The van der Waals surface area contributed by atoms with Crippen molar-refractivity contribution in [2.75, 3.05) is 61.7 Å². The van der Waals surface area contributed by atoms with Crippen molar-refractivity contribution in [3.8, 4) is 23.0 Å². The number of nitrogens with zero attached hydrogens (tertiary/aromatic N) is 2. The summed E-state index contributed by atoms with van der Waals surface area (Å²) in [5.41, 5.74) is 5.12. The van der Waals surface area contributed by atoms with E-state index in [2.05, 4.69) is 36.2 Å². The lowest BCUT2D eigenvalue weighted by atomic mass is 9.77. The minimum absolute atomic E-state index is 0.221. The van der Waals surface area contributed by atoms with Crippen molar-refractivity contribution in [1.82, 2.24) is 9.80 Å². The highest BCUT2D eigenvalue weighted by atomic mass is 16.5. The van der Waals surface area contributed by atoms with Crippen LogP contribution in [-0.4, -0.2) is 77.4 Å². The number of carbonyl (C=O) groups is 1. The first-order valence-electron chi connectivity index (χ1n) is 11.9. The van der Waals surface area contributed by atoms with Gasteiger partial charge in [0.2, 0.25) is 5.91 Å². The Kier molecular flexibility index (Phi) is 7.51. The van der Waals surface area contributed by atoms with E-state index in [1.807, 2.05) is 4.90 Å². The van der Waals surface area contributed by atoms with Crippen molar-refractivity contribution in [2.24, 2.45) is 0 Å². The van der Waals surface area contributed by atoms with Crippen molar-refractivity contribution in [1.29, 1.82) is 0 Å². The monoisotopic (exact) mass is 468 g/mol. The van der Waals surface area contributed by atoms with Crippen LogP contribution in [0, 0.1) is 0 Å². The molecule has 184 valence electrons. The molecule has 7 heteroatoms. The molecule has 7 nitrogen and oxygen atoms in total. The number of benzene rings is 2. The highest BCUT2D eigenvalue weighted by molar-refractivity contribution is 5.76. The lowest BCUT2D eigenvalue weighted by Gasteiger charge is -2.34. The first-order chi connectivity index (χ1) is 16.5. The number of methoxy groups -OCH3 is 4. The Morgan fingerprint density at radius 1 is 0.853 bits per heavy atom. The van der Waals surface area contributed by atoms with Gasteiger partial charge in [0.05, 0.1) is 28.4 Å². The first-order valence-corrected chi connectivity index (χ1v) is 11.9. The Morgan fingerprint density at radius 3 is 1.88 bits per heavy atom. The van der Waals surface area contributed by atoms with Crippen molar-refractivity contribution >= 4 is 5.91 Å². The Labute approximate surface area is 202 Å². The molecule has 0 fully saturated rings. The summed E-state index contributed by atoms with van der Waals surface area (Å²) in [6.07, 6.45) is 3.24. The maximum Gasteiger partial charge on any atom is 0.223 e. The second-order valence-corrected chi connectivity index (χ2v) is 9.18. The summed E-state index contributed by atoms with van der Waals surface area (Å²) in [5, 5.41) is 0. The van der Waals surface area contributed by atoms with Crippen LogP contribution in [0.3, 0.4) is 0 Å². The Bertz CT molecular complexity index is 1000. The van der Waals surface area contributed by atoms with Crippen molar-refractivity contribution in [3.05, 3.63) is 46.5 Å². The van der Waals surface area contributed by atoms with Gasteiger partial charge in [0.1, 0.15) is 0 Å². The highest BCUT2D eigenvalue weighted by Crippen LogP contribution is 2.42. The van der Waals surface area contributed by atoms with Gasteiger partial charge in [-0.1, -0.05) is 0 Å². The Hall–Kier alpha value is -2.93. The standard InChI is InChI=1S/C27H36N2O5/c1-28(17-21-12-20-15-25(33-4)26(34-5)16-22(20)21)9-8-27(30)29-10-6-18-13-23(31-2)24(32-3)14-19(18)7-11-29/h13-16,21H,6-12,17H2,1-5H3/t21-/m1/s1. The van der Waals surface area contributed by atoms with E-state index in [0.29, 0.717) is 12.3 Å². The molecule has 0 saturated carbocycles. The molecule has 1 atom stereocenters. The van der Waals surface area contributed by atoms with E-state index in [0.717, 1.165) is 68.4 Å². The van der Waals surface area contributed by atoms with Crippen LogP contribution in [0.4, 0.5) is 0 Å². The van der Waals surface area contributed by atoms with E-state index in [-0.39, 0.29) is 5.91 Å². The molecule has 0 unspecified atom stereocenters. The summed E-state index contributed by atoms with van der Waals surface area (Å²) in [6.45, 7) is 3.16. The van der Waals surface area contributed by atoms with Gasteiger partial charge in [-0.2, -0.15) is 0 Å². The molecule has 0 aromatic heterocycles. The number of hydrogen-bond acceptors (Lipinski definition) is 6. The summed E-state index contributed by atoms with van der Waals surface area (Å²) in [6, 6.07) is 8.28. The molecular weight excluding hydrogens is 432 g/mol. The lowest BCUT2D eigenvalue weighted by Crippen LogP contribution is -2.37. The van der Waals surface area contributed by atoms with E-state index in [4.69, 9.17) is 18.9 Å². The fourth-order valence-corrected chi connectivity index (χ4v) is 5.11. The van der Waals surface area contributed by atoms with Crippen LogP contribution in [0.1, 0.15) is 34.6 Å². The van der Waals surface area contributed by atoms with Crippen molar-refractivity contribution in [2.45, 2.75) is 31.6 Å². The normalized spacial score (nSPS) is 16.8. The van der Waals surface area contributed by atoms with Crippen LogP contribution in [-0.2, 0) is 24.1 Å². The maximum atomic E-state index is 13.0. The highest BCUT2D eigenvalue weighted by Gasteiger charge is 2.29. The molecule has 0 N–H and O–H groups in total. The van der Waals surface area contributed by atoms with Gasteiger partial charge in [0, 0.05) is 38.5 Å². The van der Waals surface area contributed by atoms with Gasteiger partial charge in [0.25, 0.3) is 0 Å². The van der Waals surface area contributed by atoms with Gasteiger partial charge in [0.15, 0.2) is 23.0 Å². The van der Waals surface area contributed by atoms with Crippen LogP contribution in [0.5, 0.6) is 23.0 Å². The fraction of sp³-hybridized carbons (Fsp3) is 0.519. The maximum absolute atomic E-state index is 13.0. The zero-order valence-electron chi connectivity index (χ0n) is 21.0. The van der Waals surface area contributed by atoms with Gasteiger partial charge in [-0.05, 0) is 72.8 Å². The van der Waals surface area contributed by atoms with Crippen LogP contribution >= 0.6 is 0 Å². The van der Waals surface area contributed by atoms with Crippen LogP contribution in [0.25, 0.3) is 0 Å². The number of rotatable bonds is 9. The second-order valence-electron chi connectivity index (χ2n) is 9.18. The average Bonchev–Trinajstić information content (AvgIpc) is 3.06. The van der Waals surface area contributed by atoms with Gasteiger partial charge in [-0.15, -0.1) is 0 Å². The molecule has 1 aliphatic heterocycles. The van der Waals surface area contributed by atoms with E-state index in [9.17, 15) is 4.79 Å². The molecule has 0 radical (unpaired) electrons. The molecule has 0 saturated heterocycles. The summed E-state index contributed by atoms with van der Waals surface area (Å²) in [7, 11) is 8.75. The molecule has 2 aromatic rings. The van der Waals surface area contributed by atoms with E-state index in [1.165, 1.54) is 22.3 Å². The van der Waals surface area contributed by atoms with Gasteiger partial charge >= 0.3 is 0 Å². The number of likely N-dealkylation sites (N-methyl/N-ethyl adjacent to an activating group) is 1. The van der Waals surface area contributed by atoms with E-state index < -0.39 is 0 Å². The third-order valence-electron chi connectivity index (χ3n) is 7.15. The zero-order chi connectivity index (χ0) is 24.2. The first kappa shape index (κ1) is 24.2. The molecule has 34 heavy (non-hydrogen) atoms. The minimum atomic E-state index is 0.221. The van der Waals surface area contributed by atoms with Crippen molar-refractivity contribution in [3.63, 3.8) is 0 Å². The van der Waals surface area contributed by atoms with Crippen LogP contribution < -0.4 is 18.9 Å². The van der Waals surface area contributed by atoms with Gasteiger partial charge < -0.3 is 28.7 Å². The number of fused-ring (bicyclic) bond motifs is 2. The number of hydrogen-bond donors (Lipinski definition) is 0. The molecule has 2 aliphatic rings. The predicted octanol–water partition coefficient (Wildman–Crippen LogP) is 3.31. The third kappa shape index (κ3) is 4.94. The smallest absolute Gasteiger partial charge is 0.223 e. The average molecular weight is 469 g/mol. The molecule has 1 aliphatic carbocycles. The SMILES string of the molecule is COc1cc2c(cc1OC)CCN(C(=O)CCN(C)C[C@H]1Cc3cc(OC)c(OC)cc31)CC2. The zero-order valence-corrected chi connectivity index (χ0v) is 21.0. The van der Waals surface area contributed by atoms with Gasteiger partial charge in [-0.25, -0.2) is 0 Å². The molecule has 4 rings (SSSR count). The molecule has 1 amide bonds. The number of ether oxygens (including phenoxy) is 4. The van der Waals surface area contributed by atoms with E-state index >= 15 is 0 Å². The van der Waals surface area contributed by atoms with Crippen LogP contribution in [0.2, 0.25) is 0 Å². The predicted molar refractivity (Wildman–Crippen MR) is 132 cm³/mol. The van der Waals surface area contributed by atoms with Gasteiger partial charge in [-0.3, -0.25) is 4.79 Å². The lowest BCUT2D eigenvalue weighted by molar-refractivity contribution is -0.131. The molecular formula is C27H36N2O5. The summed E-state index contributed by atoms with van der Waals surface area (Å²) in [4.78, 5) is 17.3. The topological polar surface area (TPSA) is 60.5 Å². The molecule has 0 bridgehead atoms. The number of amides is 1. The summed E-state index contributed by atoms with van der Waals surface area (Å²) >= 11 is 0. The Balaban J connectivity index is 1.28. The third-order valence-corrected chi connectivity index (χ3v) is 7.15. The molecule has 2 aromatic carbocycles. The minimum Gasteiger partial charge on any atom is -0.493 e. The second kappa shape index (κ2) is 10.6. The molecule has 1 heterocycles. The summed E-state index contributed by atoms with van der Waals surface area (Å²) < 4.78 is 21.8. The quantitative estimate of drug-likeness (QED) is 0.563.